The van der Waals surface area contributed by atoms with E-state index in [9.17, 15) is 0 Å². The van der Waals surface area contributed by atoms with Gasteiger partial charge in [-0.3, -0.25) is 4.98 Å². The summed E-state index contributed by atoms with van der Waals surface area (Å²) in [5.74, 6) is 0.871. The van der Waals surface area contributed by atoms with Gasteiger partial charge in [-0.2, -0.15) is 0 Å². The fraction of sp³-hybridized carbons (Fsp3) is 0.667. The molecule has 4 heteroatoms. The zero-order valence-corrected chi connectivity index (χ0v) is 12.3. The molecule has 0 atom stereocenters. The lowest BCUT2D eigenvalue weighted by molar-refractivity contribution is 0.00578. The van der Waals surface area contributed by atoms with E-state index in [2.05, 4.69) is 38.7 Å². The van der Waals surface area contributed by atoms with Crippen LogP contribution in [0.25, 0.3) is 0 Å². The van der Waals surface area contributed by atoms with Crippen LogP contribution in [0.3, 0.4) is 0 Å². The van der Waals surface area contributed by atoms with Crippen LogP contribution in [0, 0.1) is 5.92 Å². The van der Waals surface area contributed by atoms with Gasteiger partial charge >= 0.3 is 7.12 Å². The van der Waals surface area contributed by atoms with Crippen molar-refractivity contribution >= 4 is 12.6 Å². The van der Waals surface area contributed by atoms with Crippen molar-refractivity contribution in [3.63, 3.8) is 0 Å². The maximum absolute atomic E-state index is 6.06. The molecule has 102 valence electrons. The summed E-state index contributed by atoms with van der Waals surface area (Å²) in [6.07, 6.45) is 7.69. The fourth-order valence-electron chi connectivity index (χ4n) is 2.38. The molecule has 0 N–H and O–H groups in total. The first-order valence-electron chi connectivity index (χ1n) is 7.17. The molecule has 0 aromatic carbocycles. The zero-order valence-electron chi connectivity index (χ0n) is 12.3. The standard InChI is InChI=1S/C15H22BNO2/c1-14(2)15(3,4)19-16(18-14)13-8-12(9-17-10-13)7-11-5-6-11/h8-11H,5-7H2,1-4H3. The number of hydrogen-bond donors (Lipinski definition) is 0. The first-order valence-corrected chi connectivity index (χ1v) is 7.17. The van der Waals surface area contributed by atoms with Crippen molar-refractivity contribution in [2.75, 3.05) is 0 Å². The molecule has 1 aromatic heterocycles. The highest BCUT2D eigenvalue weighted by molar-refractivity contribution is 6.62. The minimum atomic E-state index is -0.295. The summed E-state index contributed by atoms with van der Waals surface area (Å²) >= 11 is 0. The quantitative estimate of drug-likeness (QED) is 0.781. The van der Waals surface area contributed by atoms with Gasteiger partial charge in [-0.15, -0.1) is 0 Å². The largest absolute Gasteiger partial charge is 0.496 e. The summed E-state index contributed by atoms with van der Waals surface area (Å²) in [4.78, 5) is 4.35. The summed E-state index contributed by atoms with van der Waals surface area (Å²) in [6, 6.07) is 2.19. The van der Waals surface area contributed by atoms with Gasteiger partial charge < -0.3 is 9.31 Å². The highest BCUT2D eigenvalue weighted by Crippen LogP contribution is 2.36. The Balaban J connectivity index is 1.79. The van der Waals surface area contributed by atoms with E-state index < -0.39 is 0 Å². The smallest absolute Gasteiger partial charge is 0.399 e. The molecule has 1 saturated carbocycles. The Bertz CT molecular complexity index is 467. The summed E-state index contributed by atoms with van der Waals surface area (Å²) in [6.45, 7) is 8.31. The lowest BCUT2D eigenvalue weighted by Crippen LogP contribution is -2.41. The Morgan fingerprint density at radius 2 is 1.79 bits per heavy atom. The van der Waals surface area contributed by atoms with Gasteiger partial charge in [0.05, 0.1) is 11.2 Å². The molecule has 0 unspecified atom stereocenters. The maximum atomic E-state index is 6.06. The molecule has 19 heavy (non-hydrogen) atoms. The van der Waals surface area contributed by atoms with E-state index >= 15 is 0 Å². The number of hydrogen-bond acceptors (Lipinski definition) is 3. The lowest BCUT2D eigenvalue weighted by atomic mass is 9.79. The van der Waals surface area contributed by atoms with E-state index in [4.69, 9.17) is 9.31 Å². The maximum Gasteiger partial charge on any atom is 0.496 e. The van der Waals surface area contributed by atoms with Crippen LogP contribution in [-0.4, -0.2) is 23.3 Å². The van der Waals surface area contributed by atoms with Gasteiger partial charge in [0.15, 0.2) is 0 Å². The predicted octanol–water partition coefficient (Wildman–Crippen LogP) is 2.33. The Hall–Kier alpha value is -0.865. The van der Waals surface area contributed by atoms with Gasteiger partial charge in [0.25, 0.3) is 0 Å². The second-order valence-corrected chi connectivity index (χ2v) is 6.86. The third-order valence-corrected chi connectivity index (χ3v) is 4.56. The minimum Gasteiger partial charge on any atom is -0.399 e. The predicted molar refractivity (Wildman–Crippen MR) is 76.4 cm³/mol. The topological polar surface area (TPSA) is 31.4 Å². The molecule has 1 aliphatic heterocycles. The van der Waals surface area contributed by atoms with Crippen molar-refractivity contribution in [2.24, 2.45) is 5.92 Å². The van der Waals surface area contributed by atoms with Crippen LogP contribution in [0.4, 0.5) is 0 Å². The molecule has 0 radical (unpaired) electrons. The highest BCUT2D eigenvalue weighted by atomic mass is 16.7. The summed E-state index contributed by atoms with van der Waals surface area (Å²) in [5, 5.41) is 0. The molecule has 3 rings (SSSR count). The monoisotopic (exact) mass is 259 g/mol. The van der Waals surface area contributed by atoms with Crippen molar-refractivity contribution in [1.82, 2.24) is 4.98 Å². The van der Waals surface area contributed by atoms with Crippen molar-refractivity contribution in [3.05, 3.63) is 24.0 Å². The molecule has 3 nitrogen and oxygen atoms in total. The van der Waals surface area contributed by atoms with Crippen LogP contribution < -0.4 is 5.46 Å². The summed E-state index contributed by atoms with van der Waals surface area (Å²) < 4.78 is 12.1. The lowest BCUT2D eigenvalue weighted by Gasteiger charge is -2.32. The minimum absolute atomic E-state index is 0.288. The summed E-state index contributed by atoms with van der Waals surface area (Å²) in [5.41, 5.74) is 1.76. The second kappa shape index (κ2) is 4.32. The molecule has 0 bridgehead atoms. The Morgan fingerprint density at radius 1 is 1.16 bits per heavy atom. The van der Waals surface area contributed by atoms with Crippen molar-refractivity contribution in [1.29, 1.82) is 0 Å². The van der Waals surface area contributed by atoms with Gasteiger partial charge in [0.2, 0.25) is 0 Å². The van der Waals surface area contributed by atoms with Gasteiger partial charge in [-0.1, -0.05) is 6.07 Å². The molecule has 2 fully saturated rings. The van der Waals surface area contributed by atoms with Crippen LogP contribution in [-0.2, 0) is 15.7 Å². The molecule has 1 aromatic rings. The first kappa shape index (κ1) is 13.1. The van der Waals surface area contributed by atoms with Gasteiger partial charge in [0, 0.05) is 17.9 Å². The number of rotatable bonds is 3. The van der Waals surface area contributed by atoms with E-state index in [1.807, 2.05) is 12.4 Å². The average Bonchev–Trinajstić information content (AvgIpc) is 3.07. The SMILES string of the molecule is CC1(C)OB(c2cncc(CC3CC3)c2)OC1(C)C. The summed E-state index contributed by atoms with van der Waals surface area (Å²) in [7, 11) is -0.295. The molecule has 2 heterocycles. The van der Waals surface area contributed by atoms with Gasteiger partial charge in [-0.25, -0.2) is 0 Å². The number of aromatic nitrogens is 1. The Morgan fingerprint density at radius 3 is 2.37 bits per heavy atom. The van der Waals surface area contributed by atoms with Crippen LogP contribution in [0.5, 0.6) is 0 Å². The number of nitrogens with zero attached hydrogens (tertiary/aromatic N) is 1. The van der Waals surface area contributed by atoms with Gasteiger partial charge in [0.1, 0.15) is 0 Å². The molecule has 1 aliphatic carbocycles. The molecule has 1 saturated heterocycles. The molecule has 2 aliphatic rings. The van der Waals surface area contributed by atoms with Crippen LogP contribution in [0.1, 0.15) is 46.1 Å². The first-order chi connectivity index (χ1) is 8.87. The van der Waals surface area contributed by atoms with Crippen molar-refractivity contribution < 1.29 is 9.31 Å². The van der Waals surface area contributed by atoms with Crippen molar-refractivity contribution in [3.8, 4) is 0 Å². The number of pyridine rings is 1. The van der Waals surface area contributed by atoms with Crippen LogP contribution in [0.15, 0.2) is 18.5 Å². The highest BCUT2D eigenvalue weighted by Gasteiger charge is 2.51. The van der Waals surface area contributed by atoms with E-state index in [0.29, 0.717) is 0 Å². The average molecular weight is 259 g/mol. The molecule has 0 spiro atoms. The van der Waals surface area contributed by atoms with E-state index in [-0.39, 0.29) is 18.3 Å². The third kappa shape index (κ3) is 2.56. The molecular formula is C15H22BNO2. The zero-order chi connectivity index (χ0) is 13.7. The third-order valence-electron chi connectivity index (χ3n) is 4.56. The fourth-order valence-corrected chi connectivity index (χ4v) is 2.38. The van der Waals surface area contributed by atoms with Crippen LogP contribution >= 0.6 is 0 Å². The van der Waals surface area contributed by atoms with E-state index in [1.165, 1.54) is 18.4 Å². The Labute approximate surface area is 115 Å². The van der Waals surface area contributed by atoms with Crippen LogP contribution in [0.2, 0.25) is 0 Å². The molecular weight excluding hydrogens is 237 g/mol. The van der Waals surface area contributed by atoms with E-state index in [0.717, 1.165) is 17.8 Å². The normalized spacial score (nSPS) is 24.7. The van der Waals surface area contributed by atoms with Crippen molar-refractivity contribution in [2.45, 2.75) is 58.2 Å². The second-order valence-electron chi connectivity index (χ2n) is 6.86. The Kier molecular flexibility index (Phi) is 2.99. The van der Waals surface area contributed by atoms with E-state index in [1.54, 1.807) is 0 Å². The molecule has 0 amide bonds. The van der Waals surface area contributed by atoms with Gasteiger partial charge in [-0.05, 0) is 58.4 Å².